The van der Waals surface area contributed by atoms with Gasteiger partial charge in [-0.05, 0) is 135 Å². The van der Waals surface area contributed by atoms with E-state index in [2.05, 4.69) is 58.2 Å². The molecule has 1 aromatic rings. The number of rotatable bonds is 6. The SMILES string of the molecule is C=C(C)[C@@H]1CC[C@]2(C(=O)NCc3cccc(OC(F)(F)F)c3)CC[C@]3(C)[C@H](CC[C@@H]4[C@@]5(C)CC[C@H](OC(C)=O)C(C)(C)[C@@H]5CC[C@]43C)[C@@H]12. The zero-order valence-electron chi connectivity index (χ0n) is 30.0. The fraction of sp³-hybridized carbons (Fsp3) is 0.750. The minimum atomic E-state index is -4.77. The first-order valence-electron chi connectivity index (χ1n) is 18.2. The smallest absolute Gasteiger partial charge is 0.462 e. The monoisotopic (exact) mass is 671 g/mol. The molecular formula is C40H56F3NO4. The summed E-state index contributed by atoms with van der Waals surface area (Å²) in [6.45, 7) is 20.6. The highest BCUT2D eigenvalue weighted by atomic mass is 19.4. The van der Waals surface area contributed by atoms with Crippen LogP contribution in [-0.2, 0) is 20.9 Å². The summed E-state index contributed by atoms with van der Waals surface area (Å²) in [5.41, 5.74) is 1.48. The number of hydrogen-bond donors (Lipinski definition) is 1. The average molecular weight is 672 g/mol. The van der Waals surface area contributed by atoms with Gasteiger partial charge in [-0.25, -0.2) is 0 Å². The summed E-state index contributed by atoms with van der Waals surface area (Å²) < 4.78 is 48.6. The Hall–Kier alpha value is -2.51. The van der Waals surface area contributed by atoms with Crippen molar-refractivity contribution in [2.75, 3.05) is 0 Å². The molecular weight excluding hydrogens is 615 g/mol. The molecule has 10 atom stereocenters. The number of esters is 1. The van der Waals surface area contributed by atoms with E-state index in [1.807, 2.05) is 0 Å². The highest BCUT2D eigenvalue weighted by molar-refractivity contribution is 5.84. The Kier molecular flexibility index (Phi) is 8.67. The van der Waals surface area contributed by atoms with E-state index in [1.165, 1.54) is 25.1 Å². The van der Waals surface area contributed by atoms with Gasteiger partial charge in [-0.2, -0.15) is 0 Å². The van der Waals surface area contributed by atoms with Crippen LogP contribution in [0, 0.1) is 56.7 Å². The average Bonchev–Trinajstić information content (AvgIpc) is 3.38. The number of nitrogens with one attached hydrogen (secondary N) is 1. The van der Waals surface area contributed by atoms with Crippen LogP contribution in [0.3, 0.4) is 0 Å². The number of ether oxygens (including phenoxy) is 2. The van der Waals surface area contributed by atoms with Crippen LogP contribution < -0.4 is 10.1 Å². The Labute approximate surface area is 285 Å². The molecule has 0 spiro atoms. The van der Waals surface area contributed by atoms with Crippen molar-refractivity contribution < 1.29 is 32.2 Å². The topological polar surface area (TPSA) is 64.6 Å². The third-order valence-corrected chi connectivity index (χ3v) is 15.4. The van der Waals surface area contributed by atoms with Gasteiger partial charge in [0.2, 0.25) is 5.91 Å². The maximum Gasteiger partial charge on any atom is 0.573 e. The van der Waals surface area contributed by atoms with Crippen molar-refractivity contribution in [3.8, 4) is 5.75 Å². The van der Waals surface area contributed by atoms with Crippen molar-refractivity contribution >= 4 is 11.9 Å². The van der Waals surface area contributed by atoms with Crippen molar-refractivity contribution in [3.05, 3.63) is 42.0 Å². The fourth-order valence-electron chi connectivity index (χ4n) is 13.1. The van der Waals surface area contributed by atoms with Crippen molar-refractivity contribution in [1.82, 2.24) is 5.32 Å². The summed E-state index contributed by atoms with van der Waals surface area (Å²) in [5.74, 6) is 1.45. The predicted molar refractivity (Wildman–Crippen MR) is 179 cm³/mol. The van der Waals surface area contributed by atoms with Gasteiger partial charge in [0, 0.05) is 18.9 Å². The largest absolute Gasteiger partial charge is 0.573 e. The van der Waals surface area contributed by atoms with Gasteiger partial charge in [0.05, 0.1) is 5.41 Å². The summed E-state index contributed by atoms with van der Waals surface area (Å²) in [6.07, 6.45) is 5.22. The number of amides is 1. The highest BCUT2D eigenvalue weighted by Crippen LogP contribution is 2.77. The molecule has 5 fully saturated rings. The van der Waals surface area contributed by atoms with Crippen LogP contribution in [0.4, 0.5) is 13.2 Å². The molecule has 0 aliphatic heterocycles. The molecule has 0 bridgehead atoms. The quantitative estimate of drug-likeness (QED) is 0.242. The number of allylic oxidation sites excluding steroid dienone is 1. The van der Waals surface area contributed by atoms with E-state index < -0.39 is 11.8 Å². The zero-order valence-corrected chi connectivity index (χ0v) is 30.0. The number of hydrogen-bond acceptors (Lipinski definition) is 4. The van der Waals surface area contributed by atoms with Gasteiger partial charge in [0.1, 0.15) is 11.9 Å². The molecule has 8 heteroatoms. The number of benzene rings is 1. The van der Waals surface area contributed by atoms with Gasteiger partial charge < -0.3 is 14.8 Å². The fourth-order valence-corrected chi connectivity index (χ4v) is 13.1. The Balaban J connectivity index is 1.27. The minimum absolute atomic E-state index is 0.0360. The summed E-state index contributed by atoms with van der Waals surface area (Å²) in [7, 11) is 0. The second kappa shape index (κ2) is 11.8. The molecule has 5 saturated carbocycles. The Morgan fingerprint density at radius 1 is 0.896 bits per heavy atom. The maximum atomic E-state index is 14.4. The lowest BCUT2D eigenvalue weighted by molar-refractivity contribution is -0.274. The van der Waals surface area contributed by atoms with Crippen LogP contribution in [0.15, 0.2) is 36.4 Å². The molecule has 0 heterocycles. The lowest BCUT2D eigenvalue weighted by Crippen LogP contribution is -2.67. The zero-order chi connectivity index (χ0) is 35.1. The number of halogens is 3. The first-order chi connectivity index (χ1) is 22.3. The molecule has 266 valence electrons. The van der Waals surface area contributed by atoms with Crippen LogP contribution >= 0.6 is 0 Å². The van der Waals surface area contributed by atoms with E-state index in [1.54, 1.807) is 6.07 Å². The molecule has 0 radical (unpaired) electrons. The Morgan fingerprint density at radius 3 is 2.29 bits per heavy atom. The van der Waals surface area contributed by atoms with Crippen LogP contribution in [0.1, 0.15) is 118 Å². The van der Waals surface area contributed by atoms with Gasteiger partial charge in [-0.15, -0.1) is 13.2 Å². The molecule has 5 aliphatic carbocycles. The molecule has 1 aromatic carbocycles. The Morgan fingerprint density at radius 2 is 1.62 bits per heavy atom. The van der Waals surface area contributed by atoms with E-state index in [0.29, 0.717) is 23.3 Å². The summed E-state index contributed by atoms with van der Waals surface area (Å²) in [4.78, 5) is 26.5. The van der Waals surface area contributed by atoms with Gasteiger partial charge >= 0.3 is 12.3 Å². The highest BCUT2D eigenvalue weighted by Gasteiger charge is 2.72. The van der Waals surface area contributed by atoms with E-state index in [-0.39, 0.29) is 63.8 Å². The summed E-state index contributed by atoms with van der Waals surface area (Å²) in [6, 6.07) is 5.89. The summed E-state index contributed by atoms with van der Waals surface area (Å²) >= 11 is 0. The van der Waals surface area contributed by atoms with E-state index in [0.717, 1.165) is 69.8 Å². The minimum Gasteiger partial charge on any atom is -0.462 e. The molecule has 1 amide bonds. The van der Waals surface area contributed by atoms with Crippen LogP contribution in [0.5, 0.6) is 5.75 Å². The lowest BCUT2D eigenvalue weighted by atomic mass is 9.32. The number of carbonyl (C=O) groups excluding carboxylic acids is 2. The van der Waals surface area contributed by atoms with Crippen molar-refractivity contribution in [2.45, 2.75) is 132 Å². The van der Waals surface area contributed by atoms with Gasteiger partial charge in [-0.3, -0.25) is 9.59 Å². The second-order valence-corrected chi connectivity index (χ2v) is 17.7. The summed E-state index contributed by atoms with van der Waals surface area (Å²) in [5, 5.41) is 3.18. The molecule has 0 unspecified atom stereocenters. The van der Waals surface area contributed by atoms with Crippen LogP contribution in [0.2, 0.25) is 0 Å². The number of alkyl halides is 3. The van der Waals surface area contributed by atoms with Gasteiger partial charge in [-0.1, -0.05) is 58.9 Å². The molecule has 48 heavy (non-hydrogen) atoms. The normalized spacial score (nSPS) is 41.5. The van der Waals surface area contributed by atoms with Crippen molar-refractivity contribution in [3.63, 3.8) is 0 Å². The first-order valence-corrected chi connectivity index (χ1v) is 18.2. The number of carbonyl (C=O) groups is 2. The molecule has 6 rings (SSSR count). The van der Waals surface area contributed by atoms with Crippen molar-refractivity contribution in [1.29, 1.82) is 0 Å². The molecule has 1 N–H and O–H groups in total. The van der Waals surface area contributed by atoms with E-state index in [9.17, 15) is 22.8 Å². The second-order valence-electron chi connectivity index (χ2n) is 17.7. The van der Waals surface area contributed by atoms with Crippen molar-refractivity contribution in [2.24, 2.45) is 56.7 Å². The van der Waals surface area contributed by atoms with Crippen LogP contribution in [0.25, 0.3) is 0 Å². The van der Waals surface area contributed by atoms with Gasteiger partial charge in [0.15, 0.2) is 0 Å². The molecule has 0 saturated heterocycles. The first kappa shape index (κ1) is 35.3. The van der Waals surface area contributed by atoms with Gasteiger partial charge in [0.25, 0.3) is 0 Å². The number of fused-ring (bicyclic) bond motifs is 7. The van der Waals surface area contributed by atoms with E-state index in [4.69, 9.17) is 4.74 Å². The molecule has 0 aromatic heterocycles. The Bertz CT molecular complexity index is 1460. The third-order valence-electron chi connectivity index (χ3n) is 15.4. The standard InChI is InChI=1S/C40H56F3NO4/c1-24(2)28-14-19-39(34(46)44-23-26-10-9-11-27(22-26)48-40(41,42)43)21-20-37(7)29(33(28)39)12-13-31-36(6)17-16-32(47-25(3)45)35(4,5)30(36)15-18-38(31,37)8/h9-11,22,28-33H,1,12-21,23H2,2-8H3,(H,44,46)/t28-,29+,30-,31+,32-,33+,36-,37+,38+,39-/m0/s1. The molecule has 5 nitrogen and oxygen atoms in total. The maximum absolute atomic E-state index is 14.4. The third kappa shape index (κ3) is 5.41. The lowest BCUT2D eigenvalue weighted by Gasteiger charge is -2.72. The molecule has 5 aliphatic rings. The predicted octanol–water partition coefficient (Wildman–Crippen LogP) is 9.79. The van der Waals surface area contributed by atoms with E-state index >= 15 is 0 Å². The van der Waals surface area contributed by atoms with Crippen LogP contribution in [-0.4, -0.2) is 24.3 Å².